The van der Waals surface area contributed by atoms with Crippen LogP contribution in [0.5, 0.6) is 5.75 Å². The lowest BCUT2D eigenvalue weighted by molar-refractivity contribution is 0.0474. The van der Waals surface area contributed by atoms with E-state index in [0.29, 0.717) is 16.9 Å². The molecule has 1 heterocycles. The Morgan fingerprint density at radius 2 is 1.83 bits per heavy atom. The van der Waals surface area contributed by atoms with Crippen molar-refractivity contribution in [1.82, 2.24) is 4.57 Å². The van der Waals surface area contributed by atoms with Gasteiger partial charge in [-0.15, -0.1) is 0 Å². The zero-order valence-corrected chi connectivity index (χ0v) is 14.8. The molecule has 5 heteroatoms. The molecule has 0 spiro atoms. The summed E-state index contributed by atoms with van der Waals surface area (Å²) >= 11 is 0. The van der Waals surface area contributed by atoms with Crippen LogP contribution in [0.3, 0.4) is 0 Å². The zero-order valence-electron chi connectivity index (χ0n) is 14.8. The number of Topliss-reactive ketones (excluding diaryl/α,β-unsaturated/α-hetero) is 1. The molecule has 0 aliphatic heterocycles. The molecule has 0 unspecified atom stereocenters. The lowest BCUT2D eigenvalue weighted by Crippen LogP contribution is -2.15. The number of aromatic nitrogens is 1. The Hall–Kier alpha value is -2.56. The van der Waals surface area contributed by atoms with Crippen LogP contribution in [0.1, 0.15) is 44.6 Å². The maximum absolute atomic E-state index is 12.3. The molecule has 1 aromatic carbocycles. The summed E-state index contributed by atoms with van der Waals surface area (Å²) in [5, 5.41) is 0. The number of ether oxygens (including phenoxy) is 2. The number of methoxy groups -OCH3 is 1. The first-order chi connectivity index (χ1) is 11.4. The summed E-state index contributed by atoms with van der Waals surface area (Å²) < 4.78 is 12.4. The zero-order chi connectivity index (χ0) is 17.9. The van der Waals surface area contributed by atoms with E-state index < -0.39 is 5.97 Å². The Labute approximate surface area is 142 Å². The van der Waals surface area contributed by atoms with Gasteiger partial charge in [-0.3, -0.25) is 4.79 Å². The van der Waals surface area contributed by atoms with Gasteiger partial charge >= 0.3 is 5.97 Å². The molecule has 2 aromatic rings. The minimum atomic E-state index is -0.536. The lowest BCUT2D eigenvalue weighted by atomic mass is 10.1. The average molecular weight is 329 g/mol. The molecule has 0 N–H and O–H groups in total. The first-order valence-electron chi connectivity index (χ1n) is 7.90. The van der Waals surface area contributed by atoms with Crippen molar-refractivity contribution < 1.29 is 19.1 Å². The fourth-order valence-corrected chi connectivity index (χ4v) is 2.81. The van der Waals surface area contributed by atoms with Crippen LogP contribution in [0.2, 0.25) is 0 Å². The van der Waals surface area contributed by atoms with Gasteiger partial charge in [-0.2, -0.15) is 0 Å². The molecule has 1 aromatic heterocycles. The van der Waals surface area contributed by atoms with E-state index in [2.05, 4.69) is 4.57 Å². The molecule has 128 valence electrons. The Balaban J connectivity index is 2.08. The van der Waals surface area contributed by atoms with Crippen LogP contribution in [-0.4, -0.2) is 30.0 Å². The summed E-state index contributed by atoms with van der Waals surface area (Å²) in [4.78, 5) is 24.5. The van der Waals surface area contributed by atoms with Gasteiger partial charge in [0.2, 0.25) is 5.78 Å². The first kappa shape index (κ1) is 17.8. The highest BCUT2D eigenvalue weighted by Crippen LogP contribution is 2.20. The summed E-state index contributed by atoms with van der Waals surface area (Å²) in [6, 6.07) is 6.90. The number of aryl methyl sites for hydroxylation is 2. The van der Waals surface area contributed by atoms with E-state index in [1.54, 1.807) is 25.3 Å². The largest absolute Gasteiger partial charge is 0.496 e. The molecule has 24 heavy (non-hydrogen) atoms. The van der Waals surface area contributed by atoms with Gasteiger partial charge in [-0.05, 0) is 51.5 Å². The molecule has 0 radical (unpaired) electrons. The topological polar surface area (TPSA) is 57.5 Å². The van der Waals surface area contributed by atoms with Gasteiger partial charge < -0.3 is 14.0 Å². The van der Waals surface area contributed by atoms with E-state index in [-0.39, 0.29) is 12.4 Å². The minimum Gasteiger partial charge on any atom is -0.496 e. The molecule has 2 rings (SSSR count). The smallest absolute Gasteiger partial charge is 0.338 e. The van der Waals surface area contributed by atoms with E-state index in [9.17, 15) is 9.59 Å². The molecule has 0 amide bonds. The van der Waals surface area contributed by atoms with Gasteiger partial charge in [-0.25, -0.2) is 4.79 Å². The third kappa shape index (κ3) is 3.50. The molecule has 0 aliphatic rings. The van der Waals surface area contributed by atoms with Gasteiger partial charge in [-0.1, -0.05) is 6.07 Å². The summed E-state index contributed by atoms with van der Waals surface area (Å²) in [5.41, 5.74) is 3.81. The Kier molecular flexibility index (Phi) is 5.44. The van der Waals surface area contributed by atoms with Gasteiger partial charge in [0, 0.05) is 23.5 Å². The van der Waals surface area contributed by atoms with Crippen molar-refractivity contribution in [3.8, 4) is 5.75 Å². The molecule has 0 atom stereocenters. The van der Waals surface area contributed by atoms with E-state index in [4.69, 9.17) is 9.47 Å². The number of hydrogen-bond acceptors (Lipinski definition) is 4. The third-order valence-corrected chi connectivity index (χ3v) is 4.17. The molecule has 5 nitrogen and oxygen atoms in total. The van der Waals surface area contributed by atoms with Crippen molar-refractivity contribution in [2.45, 2.75) is 34.2 Å². The Bertz CT molecular complexity index is 774. The van der Waals surface area contributed by atoms with Crippen LogP contribution >= 0.6 is 0 Å². The van der Waals surface area contributed by atoms with Gasteiger partial charge in [0.1, 0.15) is 5.75 Å². The van der Waals surface area contributed by atoms with Crippen molar-refractivity contribution in [3.63, 3.8) is 0 Å². The first-order valence-corrected chi connectivity index (χ1v) is 7.90. The van der Waals surface area contributed by atoms with Crippen LogP contribution < -0.4 is 4.74 Å². The Morgan fingerprint density at radius 1 is 1.12 bits per heavy atom. The highest BCUT2D eigenvalue weighted by molar-refractivity contribution is 6.00. The maximum Gasteiger partial charge on any atom is 0.338 e. The molecular weight excluding hydrogens is 306 g/mol. The maximum atomic E-state index is 12.3. The third-order valence-electron chi connectivity index (χ3n) is 4.17. The SMILES string of the molecule is CCn1c(C)cc(C(=O)COC(=O)c2ccc(C)c(OC)c2)c1C. The number of esters is 1. The summed E-state index contributed by atoms with van der Waals surface area (Å²) in [5.74, 6) is -0.122. The van der Waals surface area contributed by atoms with Crippen LogP contribution in [0.25, 0.3) is 0 Å². The fraction of sp³-hybridized carbons (Fsp3) is 0.368. The van der Waals surface area contributed by atoms with Crippen molar-refractivity contribution >= 4 is 11.8 Å². The lowest BCUT2D eigenvalue weighted by Gasteiger charge is -2.08. The molecule has 0 aliphatic carbocycles. The number of hydrogen-bond donors (Lipinski definition) is 0. The van der Waals surface area contributed by atoms with E-state index in [1.165, 1.54) is 0 Å². The monoisotopic (exact) mass is 329 g/mol. The summed E-state index contributed by atoms with van der Waals surface area (Å²) in [7, 11) is 1.55. The number of carbonyl (C=O) groups is 2. The molecule has 0 saturated heterocycles. The van der Waals surface area contributed by atoms with Crippen molar-refractivity contribution in [2.24, 2.45) is 0 Å². The van der Waals surface area contributed by atoms with Gasteiger partial charge in [0.05, 0.1) is 12.7 Å². The van der Waals surface area contributed by atoms with E-state index >= 15 is 0 Å². The predicted octanol–water partition coefficient (Wildman–Crippen LogP) is 3.48. The van der Waals surface area contributed by atoms with E-state index in [1.807, 2.05) is 33.8 Å². The average Bonchev–Trinajstić information content (AvgIpc) is 2.86. The molecule has 0 fully saturated rings. The summed E-state index contributed by atoms with van der Waals surface area (Å²) in [6.45, 7) is 8.30. The number of nitrogens with zero attached hydrogens (tertiary/aromatic N) is 1. The molecule has 0 bridgehead atoms. The summed E-state index contributed by atoms with van der Waals surface area (Å²) in [6.07, 6.45) is 0. The van der Waals surface area contributed by atoms with Crippen LogP contribution in [0.15, 0.2) is 24.3 Å². The fourth-order valence-electron chi connectivity index (χ4n) is 2.81. The van der Waals surface area contributed by atoms with Crippen LogP contribution in [0.4, 0.5) is 0 Å². The quantitative estimate of drug-likeness (QED) is 0.601. The highest BCUT2D eigenvalue weighted by atomic mass is 16.5. The second-order valence-electron chi connectivity index (χ2n) is 5.71. The van der Waals surface area contributed by atoms with Crippen molar-refractivity contribution in [3.05, 3.63) is 52.3 Å². The molecule has 0 saturated carbocycles. The minimum absolute atomic E-state index is 0.199. The number of carbonyl (C=O) groups excluding carboxylic acids is 2. The second kappa shape index (κ2) is 7.34. The highest BCUT2D eigenvalue weighted by Gasteiger charge is 2.17. The Morgan fingerprint density at radius 3 is 2.42 bits per heavy atom. The standard InChI is InChI=1S/C19H23NO4/c1-6-20-13(3)9-16(14(20)4)17(21)11-24-19(22)15-8-7-12(2)18(10-15)23-5/h7-10H,6,11H2,1-5H3. The second-order valence-corrected chi connectivity index (χ2v) is 5.71. The number of benzene rings is 1. The van der Waals surface area contributed by atoms with Crippen molar-refractivity contribution in [1.29, 1.82) is 0 Å². The predicted molar refractivity (Wildman–Crippen MR) is 91.9 cm³/mol. The van der Waals surface area contributed by atoms with Gasteiger partial charge in [0.25, 0.3) is 0 Å². The number of ketones is 1. The normalized spacial score (nSPS) is 10.5. The molecular formula is C19H23NO4. The number of rotatable bonds is 6. The van der Waals surface area contributed by atoms with Crippen LogP contribution in [0, 0.1) is 20.8 Å². The van der Waals surface area contributed by atoms with Gasteiger partial charge in [0.15, 0.2) is 6.61 Å². The van der Waals surface area contributed by atoms with E-state index in [0.717, 1.165) is 23.5 Å². The van der Waals surface area contributed by atoms with Crippen LogP contribution in [-0.2, 0) is 11.3 Å². The van der Waals surface area contributed by atoms with Crippen molar-refractivity contribution in [2.75, 3.05) is 13.7 Å².